The largest absolute Gasteiger partial charge is 0.462 e. The van der Waals surface area contributed by atoms with Crippen molar-refractivity contribution < 1.29 is 9.53 Å². The van der Waals surface area contributed by atoms with Crippen LogP contribution in [0.25, 0.3) is 0 Å². The molecule has 2 nitrogen and oxygen atoms in total. The predicted molar refractivity (Wildman–Crippen MR) is 73.2 cm³/mol. The number of hydrogen-bond acceptors (Lipinski definition) is 2. The molecule has 18 heavy (non-hydrogen) atoms. The summed E-state index contributed by atoms with van der Waals surface area (Å²) >= 11 is 0. The molecule has 2 aliphatic rings. The van der Waals surface area contributed by atoms with E-state index in [1.54, 1.807) is 0 Å². The monoisotopic (exact) mass is 250 g/mol. The second kappa shape index (κ2) is 5.07. The fourth-order valence-corrected chi connectivity index (χ4v) is 3.83. The van der Waals surface area contributed by atoms with E-state index in [-0.39, 0.29) is 12.1 Å². The Kier molecular flexibility index (Phi) is 3.84. The third kappa shape index (κ3) is 2.62. The maximum absolute atomic E-state index is 11.1. The van der Waals surface area contributed by atoms with Crippen molar-refractivity contribution in [3.63, 3.8) is 0 Å². The van der Waals surface area contributed by atoms with Gasteiger partial charge in [0.1, 0.15) is 6.10 Å². The highest BCUT2D eigenvalue weighted by atomic mass is 16.5. The molecule has 2 rings (SSSR count). The maximum Gasteiger partial charge on any atom is 0.302 e. The van der Waals surface area contributed by atoms with Crippen LogP contribution in [0.5, 0.6) is 0 Å². The number of rotatable bonds is 5. The molecule has 2 aliphatic carbocycles. The van der Waals surface area contributed by atoms with Crippen molar-refractivity contribution in [3.05, 3.63) is 11.6 Å². The van der Waals surface area contributed by atoms with E-state index >= 15 is 0 Å². The highest BCUT2D eigenvalue weighted by Crippen LogP contribution is 2.68. The van der Waals surface area contributed by atoms with E-state index in [9.17, 15) is 4.79 Å². The van der Waals surface area contributed by atoms with E-state index in [2.05, 4.69) is 26.8 Å². The van der Waals surface area contributed by atoms with E-state index in [1.165, 1.54) is 38.2 Å². The quantitative estimate of drug-likeness (QED) is 0.542. The molecular formula is C16H26O2. The first-order chi connectivity index (χ1) is 8.45. The molecule has 0 unspecified atom stereocenters. The van der Waals surface area contributed by atoms with Gasteiger partial charge < -0.3 is 4.74 Å². The Morgan fingerprint density at radius 2 is 2.17 bits per heavy atom. The number of fused-ring (bicyclic) bond motifs is 1. The van der Waals surface area contributed by atoms with E-state index < -0.39 is 0 Å². The molecule has 0 N–H and O–H groups in total. The molecule has 2 fully saturated rings. The molecule has 4 atom stereocenters. The van der Waals surface area contributed by atoms with Gasteiger partial charge in [-0.15, -0.1) is 0 Å². The van der Waals surface area contributed by atoms with Crippen LogP contribution in [-0.2, 0) is 9.53 Å². The Morgan fingerprint density at radius 3 is 2.72 bits per heavy atom. The molecule has 2 heteroatoms. The van der Waals surface area contributed by atoms with Crippen molar-refractivity contribution in [2.75, 3.05) is 0 Å². The van der Waals surface area contributed by atoms with Crippen LogP contribution in [0.1, 0.15) is 59.8 Å². The summed E-state index contributed by atoms with van der Waals surface area (Å²) in [4.78, 5) is 11.1. The lowest BCUT2D eigenvalue weighted by Gasteiger charge is -2.20. The van der Waals surface area contributed by atoms with Crippen molar-refractivity contribution in [2.45, 2.75) is 65.9 Å². The maximum atomic E-state index is 11.1. The zero-order chi connectivity index (χ0) is 13.3. The highest BCUT2D eigenvalue weighted by molar-refractivity contribution is 5.66. The van der Waals surface area contributed by atoms with Crippen molar-refractivity contribution in [2.24, 2.45) is 17.3 Å². The first-order valence-corrected chi connectivity index (χ1v) is 7.26. The molecule has 0 bridgehead atoms. The molecule has 102 valence electrons. The molecule has 0 saturated heterocycles. The smallest absolute Gasteiger partial charge is 0.302 e. The van der Waals surface area contributed by atoms with Crippen molar-refractivity contribution in [1.82, 2.24) is 0 Å². The summed E-state index contributed by atoms with van der Waals surface area (Å²) in [5.41, 5.74) is 1.92. The lowest BCUT2D eigenvalue weighted by Crippen LogP contribution is -2.16. The number of esters is 1. The van der Waals surface area contributed by atoms with Gasteiger partial charge in [0.05, 0.1) is 0 Å². The third-order valence-corrected chi connectivity index (χ3v) is 4.97. The average molecular weight is 250 g/mol. The normalized spacial score (nSPS) is 34.7. The Labute approximate surface area is 111 Å². The van der Waals surface area contributed by atoms with Gasteiger partial charge in [-0.1, -0.05) is 18.6 Å². The second-order valence-electron chi connectivity index (χ2n) is 6.49. The fourth-order valence-electron chi connectivity index (χ4n) is 3.83. The van der Waals surface area contributed by atoms with Crippen molar-refractivity contribution in [3.8, 4) is 0 Å². The van der Waals surface area contributed by atoms with Crippen LogP contribution in [-0.4, -0.2) is 12.1 Å². The Bertz CT molecular complexity index is 354. The lowest BCUT2D eigenvalue weighted by molar-refractivity contribution is -0.147. The summed E-state index contributed by atoms with van der Waals surface area (Å²) in [5, 5.41) is 0. The zero-order valence-electron chi connectivity index (χ0n) is 12.2. The van der Waals surface area contributed by atoms with Crippen LogP contribution < -0.4 is 0 Å². The topological polar surface area (TPSA) is 26.3 Å². The minimum atomic E-state index is -0.111. The van der Waals surface area contributed by atoms with E-state index in [4.69, 9.17) is 4.74 Å². The lowest BCUT2D eigenvalue weighted by atomic mass is 9.85. The number of ether oxygens (including phenoxy) is 1. The summed E-state index contributed by atoms with van der Waals surface area (Å²) in [6.45, 7) is 8.24. The van der Waals surface area contributed by atoms with Crippen LogP contribution >= 0.6 is 0 Å². The van der Waals surface area contributed by atoms with Gasteiger partial charge in [-0.2, -0.15) is 0 Å². The molecule has 0 amide bonds. The minimum absolute atomic E-state index is 0.111. The molecule has 0 aromatic heterocycles. The molecule has 0 aliphatic heterocycles. The molecule has 0 spiro atoms. The molecule has 0 radical (unpaired) electrons. The van der Waals surface area contributed by atoms with Crippen LogP contribution in [0.3, 0.4) is 0 Å². The predicted octanol–water partition coefficient (Wildman–Crippen LogP) is 4.10. The van der Waals surface area contributed by atoms with E-state index in [1.807, 2.05) is 0 Å². The standard InChI is InChI=1S/C16H26O2/c1-11(2)6-5-7-12(3)16-9-8-15(14(16)10-16)18-13(4)17/h6,12,14-15H,5,7-10H2,1-4H3/t12-,14-,15-,16-/m1/s1. The van der Waals surface area contributed by atoms with Gasteiger partial charge in [-0.3, -0.25) is 4.79 Å². The molecule has 0 heterocycles. The summed E-state index contributed by atoms with van der Waals surface area (Å²) < 4.78 is 5.43. The fraction of sp³-hybridized carbons (Fsp3) is 0.812. The van der Waals surface area contributed by atoms with Gasteiger partial charge >= 0.3 is 5.97 Å². The van der Waals surface area contributed by atoms with Gasteiger partial charge in [-0.25, -0.2) is 0 Å². The molecular weight excluding hydrogens is 224 g/mol. The SMILES string of the molecule is CC(=O)O[C@@H]1CC[C@]2([C@H](C)CCC=C(C)C)C[C@H]12. The summed E-state index contributed by atoms with van der Waals surface area (Å²) in [7, 11) is 0. The summed E-state index contributed by atoms with van der Waals surface area (Å²) in [6.07, 6.45) is 8.63. The van der Waals surface area contributed by atoms with Gasteiger partial charge in [0.25, 0.3) is 0 Å². The number of allylic oxidation sites excluding steroid dienone is 2. The summed E-state index contributed by atoms with van der Waals surface area (Å²) in [6, 6.07) is 0. The van der Waals surface area contributed by atoms with Gasteiger partial charge in [0.2, 0.25) is 0 Å². The Balaban J connectivity index is 1.84. The average Bonchev–Trinajstić information content (AvgIpc) is 2.91. The third-order valence-electron chi connectivity index (χ3n) is 4.97. The van der Waals surface area contributed by atoms with Crippen molar-refractivity contribution in [1.29, 1.82) is 0 Å². The first kappa shape index (κ1) is 13.6. The zero-order valence-corrected chi connectivity index (χ0v) is 12.2. The van der Waals surface area contributed by atoms with Gasteiger partial charge in [0, 0.05) is 12.8 Å². The molecule has 0 aromatic rings. The molecule has 0 aromatic carbocycles. The van der Waals surface area contributed by atoms with E-state index in [0.29, 0.717) is 11.3 Å². The highest BCUT2D eigenvalue weighted by Gasteiger charge is 2.64. The number of hydrogen-bond donors (Lipinski definition) is 0. The van der Waals surface area contributed by atoms with Gasteiger partial charge in [-0.05, 0) is 57.3 Å². The minimum Gasteiger partial charge on any atom is -0.462 e. The van der Waals surface area contributed by atoms with Crippen LogP contribution in [0.4, 0.5) is 0 Å². The van der Waals surface area contributed by atoms with E-state index in [0.717, 1.165) is 12.3 Å². The number of carbonyl (C=O) groups excluding carboxylic acids is 1. The second-order valence-corrected chi connectivity index (χ2v) is 6.49. The number of carbonyl (C=O) groups is 1. The molecule has 2 saturated carbocycles. The van der Waals surface area contributed by atoms with Crippen LogP contribution in [0, 0.1) is 17.3 Å². The van der Waals surface area contributed by atoms with Gasteiger partial charge in [0.15, 0.2) is 0 Å². The van der Waals surface area contributed by atoms with Crippen molar-refractivity contribution >= 4 is 5.97 Å². The Morgan fingerprint density at radius 1 is 1.44 bits per heavy atom. The summed E-state index contributed by atoms with van der Waals surface area (Å²) in [5.74, 6) is 1.31. The van der Waals surface area contributed by atoms with Crippen LogP contribution in [0.15, 0.2) is 11.6 Å². The first-order valence-electron chi connectivity index (χ1n) is 7.26. The van der Waals surface area contributed by atoms with Crippen LogP contribution in [0.2, 0.25) is 0 Å². The Hall–Kier alpha value is -0.790.